The molecule has 0 atom stereocenters. The number of rotatable bonds is 4. The Hall–Kier alpha value is -2.34. The SMILES string of the molecule is O=C(NC1(CO)Cc2ccccc2C1)c1cccc(C(F)F)c1F. The van der Waals surface area contributed by atoms with Gasteiger partial charge >= 0.3 is 0 Å². The minimum Gasteiger partial charge on any atom is -0.394 e. The standard InChI is InChI=1S/C18H16F3NO2/c19-15-13(16(20)21)6-3-7-14(15)17(24)22-18(10-23)8-11-4-1-2-5-12(11)9-18/h1-7,16,23H,8-10H2,(H,22,24). The van der Waals surface area contributed by atoms with Crippen LogP contribution in [0.4, 0.5) is 13.2 Å². The summed E-state index contributed by atoms with van der Waals surface area (Å²) in [5, 5.41) is 12.4. The molecule has 3 rings (SSSR count). The Bertz CT molecular complexity index is 752. The lowest BCUT2D eigenvalue weighted by atomic mass is 9.96. The molecule has 126 valence electrons. The van der Waals surface area contributed by atoms with Crippen LogP contribution in [0.1, 0.15) is 33.5 Å². The van der Waals surface area contributed by atoms with Crippen LogP contribution in [-0.2, 0) is 12.8 Å². The van der Waals surface area contributed by atoms with Crippen LogP contribution in [0.15, 0.2) is 42.5 Å². The van der Waals surface area contributed by atoms with Gasteiger partial charge in [-0.2, -0.15) is 0 Å². The second-order valence-electron chi connectivity index (χ2n) is 6.02. The summed E-state index contributed by atoms with van der Waals surface area (Å²) in [6.45, 7) is -0.330. The zero-order valence-corrected chi connectivity index (χ0v) is 12.7. The Morgan fingerprint density at radius 3 is 2.29 bits per heavy atom. The van der Waals surface area contributed by atoms with E-state index < -0.39 is 34.8 Å². The number of hydrogen-bond donors (Lipinski definition) is 2. The van der Waals surface area contributed by atoms with Crippen molar-refractivity contribution < 1.29 is 23.1 Å². The Morgan fingerprint density at radius 2 is 1.75 bits per heavy atom. The van der Waals surface area contributed by atoms with E-state index in [2.05, 4.69) is 5.32 Å². The fraction of sp³-hybridized carbons (Fsp3) is 0.278. The summed E-state index contributed by atoms with van der Waals surface area (Å²) < 4.78 is 39.7. The molecular formula is C18H16F3NO2. The number of aliphatic hydroxyl groups is 1. The number of hydrogen-bond acceptors (Lipinski definition) is 2. The minimum absolute atomic E-state index is 0.330. The van der Waals surface area contributed by atoms with E-state index >= 15 is 0 Å². The quantitative estimate of drug-likeness (QED) is 0.902. The van der Waals surface area contributed by atoms with Gasteiger partial charge in [-0.05, 0) is 30.0 Å². The van der Waals surface area contributed by atoms with E-state index in [4.69, 9.17) is 0 Å². The third-order valence-corrected chi connectivity index (χ3v) is 4.37. The molecule has 0 heterocycles. The monoisotopic (exact) mass is 335 g/mol. The maximum Gasteiger partial charge on any atom is 0.266 e. The summed E-state index contributed by atoms with van der Waals surface area (Å²) >= 11 is 0. The predicted octanol–water partition coefficient (Wildman–Crippen LogP) is 3.02. The maximum absolute atomic E-state index is 14.1. The highest BCUT2D eigenvalue weighted by Gasteiger charge is 2.38. The number of nitrogens with one attached hydrogen (secondary N) is 1. The number of aliphatic hydroxyl groups excluding tert-OH is 1. The highest BCUT2D eigenvalue weighted by Crippen LogP contribution is 2.31. The Balaban J connectivity index is 1.86. The molecule has 0 fully saturated rings. The van der Waals surface area contributed by atoms with E-state index in [-0.39, 0.29) is 6.61 Å². The number of carbonyl (C=O) groups is 1. The third kappa shape index (κ3) is 2.89. The van der Waals surface area contributed by atoms with Crippen LogP contribution in [0.5, 0.6) is 0 Å². The molecule has 1 amide bonds. The van der Waals surface area contributed by atoms with Crippen molar-refractivity contribution in [3.8, 4) is 0 Å². The topological polar surface area (TPSA) is 49.3 Å². The number of carbonyl (C=O) groups excluding carboxylic acids is 1. The summed E-state index contributed by atoms with van der Waals surface area (Å²) in [6, 6.07) is 10.8. The van der Waals surface area contributed by atoms with Crippen molar-refractivity contribution in [3.63, 3.8) is 0 Å². The highest BCUT2D eigenvalue weighted by atomic mass is 19.3. The average Bonchev–Trinajstić information content (AvgIpc) is 2.93. The van der Waals surface area contributed by atoms with E-state index in [9.17, 15) is 23.1 Å². The first-order valence-electron chi connectivity index (χ1n) is 7.52. The van der Waals surface area contributed by atoms with Crippen molar-refractivity contribution in [2.45, 2.75) is 24.8 Å². The molecule has 24 heavy (non-hydrogen) atoms. The van der Waals surface area contributed by atoms with Gasteiger partial charge in [0.2, 0.25) is 0 Å². The van der Waals surface area contributed by atoms with Crippen LogP contribution in [0.25, 0.3) is 0 Å². The van der Waals surface area contributed by atoms with Gasteiger partial charge in [0.1, 0.15) is 5.82 Å². The van der Waals surface area contributed by atoms with Crippen molar-refractivity contribution in [1.29, 1.82) is 0 Å². The van der Waals surface area contributed by atoms with Crippen LogP contribution in [0.3, 0.4) is 0 Å². The first kappa shape index (κ1) is 16.5. The molecule has 0 radical (unpaired) electrons. The maximum atomic E-state index is 14.1. The zero-order valence-electron chi connectivity index (χ0n) is 12.7. The molecule has 2 N–H and O–H groups in total. The first-order valence-corrected chi connectivity index (χ1v) is 7.52. The van der Waals surface area contributed by atoms with Crippen molar-refractivity contribution >= 4 is 5.91 Å². The smallest absolute Gasteiger partial charge is 0.266 e. The van der Waals surface area contributed by atoms with Gasteiger partial charge in [0.05, 0.1) is 23.3 Å². The summed E-state index contributed by atoms with van der Waals surface area (Å²) in [6.07, 6.45) is -2.19. The highest BCUT2D eigenvalue weighted by molar-refractivity contribution is 5.95. The molecule has 0 saturated heterocycles. The average molecular weight is 335 g/mol. The van der Waals surface area contributed by atoms with Crippen molar-refractivity contribution in [3.05, 3.63) is 70.5 Å². The van der Waals surface area contributed by atoms with Gasteiger partial charge in [-0.1, -0.05) is 36.4 Å². The predicted molar refractivity (Wildman–Crippen MR) is 82.5 cm³/mol. The van der Waals surface area contributed by atoms with E-state index in [0.29, 0.717) is 12.8 Å². The van der Waals surface area contributed by atoms with Gasteiger partial charge < -0.3 is 10.4 Å². The fourth-order valence-electron chi connectivity index (χ4n) is 3.14. The number of amides is 1. The molecule has 0 unspecified atom stereocenters. The molecule has 0 saturated carbocycles. The summed E-state index contributed by atoms with van der Waals surface area (Å²) in [5.41, 5.74) is -0.220. The lowest BCUT2D eigenvalue weighted by molar-refractivity contribution is 0.0837. The van der Waals surface area contributed by atoms with Crippen LogP contribution in [0.2, 0.25) is 0 Å². The molecule has 0 aliphatic heterocycles. The van der Waals surface area contributed by atoms with Gasteiger partial charge in [-0.15, -0.1) is 0 Å². The van der Waals surface area contributed by atoms with Crippen molar-refractivity contribution in [1.82, 2.24) is 5.32 Å². The molecular weight excluding hydrogens is 319 g/mol. The van der Waals surface area contributed by atoms with Crippen LogP contribution in [0, 0.1) is 5.82 Å². The second kappa shape index (κ2) is 6.28. The molecule has 6 heteroatoms. The molecule has 2 aromatic rings. The van der Waals surface area contributed by atoms with E-state index in [1.54, 1.807) is 0 Å². The second-order valence-corrected chi connectivity index (χ2v) is 6.02. The molecule has 1 aliphatic rings. The Labute approximate surface area is 137 Å². The summed E-state index contributed by atoms with van der Waals surface area (Å²) in [4.78, 5) is 12.4. The number of alkyl halides is 2. The molecule has 3 nitrogen and oxygen atoms in total. The molecule has 0 bridgehead atoms. The largest absolute Gasteiger partial charge is 0.394 e. The van der Waals surface area contributed by atoms with Crippen LogP contribution >= 0.6 is 0 Å². The normalized spacial score (nSPS) is 15.4. The third-order valence-electron chi connectivity index (χ3n) is 4.37. The lowest BCUT2D eigenvalue weighted by Crippen LogP contribution is -2.52. The summed E-state index contributed by atoms with van der Waals surface area (Å²) in [7, 11) is 0. The number of fused-ring (bicyclic) bond motifs is 1. The van der Waals surface area contributed by atoms with Gasteiger partial charge in [0, 0.05) is 0 Å². The fourth-order valence-corrected chi connectivity index (χ4v) is 3.14. The van der Waals surface area contributed by atoms with E-state index in [0.717, 1.165) is 23.3 Å². The van der Waals surface area contributed by atoms with Crippen molar-refractivity contribution in [2.75, 3.05) is 6.61 Å². The van der Waals surface area contributed by atoms with Crippen LogP contribution < -0.4 is 5.32 Å². The van der Waals surface area contributed by atoms with Crippen LogP contribution in [-0.4, -0.2) is 23.2 Å². The van der Waals surface area contributed by atoms with Gasteiger partial charge in [0.25, 0.3) is 12.3 Å². The molecule has 0 spiro atoms. The molecule has 1 aliphatic carbocycles. The number of halogens is 3. The van der Waals surface area contributed by atoms with Gasteiger partial charge in [-0.25, -0.2) is 13.2 Å². The molecule has 2 aromatic carbocycles. The zero-order chi connectivity index (χ0) is 17.3. The Morgan fingerprint density at radius 1 is 1.12 bits per heavy atom. The van der Waals surface area contributed by atoms with Gasteiger partial charge in [-0.3, -0.25) is 4.79 Å². The summed E-state index contributed by atoms with van der Waals surface area (Å²) in [5.74, 6) is -2.04. The molecule has 0 aromatic heterocycles. The first-order chi connectivity index (χ1) is 11.5. The lowest BCUT2D eigenvalue weighted by Gasteiger charge is -2.28. The van der Waals surface area contributed by atoms with E-state index in [1.807, 2.05) is 24.3 Å². The minimum atomic E-state index is -3.00. The van der Waals surface area contributed by atoms with Crippen molar-refractivity contribution in [2.24, 2.45) is 0 Å². The number of benzene rings is 2. The van der Waals surface area contributed by atoms with Gasteiger partial charge in [0.15, 0.2) is 0 Å². The van der Waals surface area contributed by atoms with E-state index in [1.165, 1.54) is 6.07 Å². The Kier molecular flexibility index (Phi) is 4.32.